The highest BCUT2D eigenvalue weighted by atomic mass is 16.2. The Bertz CT molecular complexity index is 316. The zero-order chi connectivity index (χ0) is 14.4. The van der Waals surface area contributed by atoms with Crippen LogP contribution in [-0.4, -0.2) is 49.1 Å². The molecular weight excluding hydrogens is 244 g/mol. The fraction of sp³-hybridized carbons (Fsp3) is 0.846. The minimum Gasteiger partial charge on any atom is -0.335 e. The van der Waals surface area contributed by atoms with Crippen LogP contribution in [0.5, 0.6) is 0 Å². The highest BCUT2D eigenvalue weighted by Gasteiger charge is 2.24. The molecule has 3 amide bonds. The summed E-state index contributed by atoms with van der Waals surface area (Å²) in [6.07, 6.45) is 2.86. The Morgan fingerprint density at radius 2 is 2.00 bits per heavy atom. The van der Waals surface area contributed by atoms with E-state index in [9.17, 15) is 9.59 Å². The lowest BCUT2D eigenvalue weighted by Gasteiger charge is -2.20. The number of carbonyl (C=O) groups excluding carboxylic acids is 2. The molecule has 0 aromatic heterocycles. The highest BCUT2D eigenvalue weighted by molar-refractivity contribution is 5.95. The maximum atomic E-state index is 11.6. The fourth-order valence-electron chi connectivity index (χ4n) is 1.64. The van der Waals surface area contributed by atoms with Gasteiger partial charge in [0.1, 0.15) is 0 Å². The standard InChI is InChI=1S/C13H26N4O2/c1-9(2)11(14)6-7-17(3)8-12(18)16-13(19)15-10-4-5-10/h9-11H,4-8,14H2,1-3H3,(H2,15,16,18,19). The summed E-state index contributed by atoms with van der Waals surface area (Å²) in [7, 11) is 1.85. The van der Waals surface area contributed by atoms with Gasteiger partial charge in [-0.3, -0.25) is 15.0 Å². The number of nitrogens with two attached hydrogens (primary N) is 1. The van der Waals surface area contributed by atoms with Crippen LogP contribution in [-0.2, 0) is 4.79 Å². The van der Waals surface area contributed by atoms with Gasteiger partial charge < -0.3 is 11.1 Å². The molecule has 1 saturated carbocycles. The lowest BCUT2D eigenvalue weighted by molar-refractivity contribution is -0.120. The van der Waals surface area contributed by atoms with Gasteiger partial charge in [-0.05, 0) is 38.8 Å². The summed E-state index contributed by atoms with van der Waals surface area (Å²) in [5.74, 6) is 0.158. The van der Waals surface area contributed by atoms with Crippen molar-refractivity contribution in [1.82, 2.24) is 15.5 Å². The fourth-order valence-corrected chi connectivity index (χ4v) is 1.64. The number of hydrogen-bond acceptors (Lipinski definition) is 4. The summed E-state index contributed by atoms with van der Waals surface area (Å²) in [4.78, 5) is 24.8. The highest BCUT2D eigenvalue weighted by Crippen LogP contribution is 2.18. The number of nitrogens with zero attached hydrogens (tertiary/aromatic N) is 1. The lowest BCUT2D eigenvalue weighted by atomic mass is 10.0. The Morgan fingerprint density at radius 3 is 2.53 bits per heavy atom. The number of imide groups is 1. The average molecular weight is 270 g/mol. The van der Waals surface area contributed by atoms with Crippen LogP contribution < -0.4 is 16.4 Å². The van der Waals surface area contributed by atoms with E-state index >= 15 is 0 Å². The van der Waals surface area contributed by atoms with E-state index in [-0.39, 0.29) is 30.6 Å². The molecule has 110 valence electrons. The van der Waals surface area contributed by atoms with Crippen LogP contribution in [0.4, 0.5) is 4.79 Å². The number of likely N-dealkylation sites (N-methyl/N-ethyl adjacent to an activating group) is 1. The third kappa shape index (κ3) is 7.12. The van der Waals surface area contributed by atoms with Gasteiger partial charge >= 0.3 is 6.03 Å². The molecule has 0 aromatic carbocycles. The van der Waals surface area contributed by atoms with Crippen LogP contribution in [0.3, 0.4) is 0 Å². The minimum absolute atomic E-state index is 0.142. The van der Waals surface area contributed by atoms with Crippen molar-refractivity contribution in [3.8, 4) is 0 Å². The van der Waals surface area contributed by atoms with Crippen molar-refractivity contribution in [1.29, 1.82) is 0 Å². The molecule has 1 aliphatic carbocycles. The second-order valence-corrected chi connectivity index (χ2v) is 5.73. The first-order valence-electron chi connectivity index (χ1n) is 6.93. The van der Waals surface area contributed by atoms with Crippen molar-refractivity contribution in [2.24, 2.45) is 11.7 Å². The Kier molecular flexibility index (Phi) is 6.24. The molecule has 1 unspecified atom stereocenters. The largest absolute Gasteiger partial charge is 0.335 e. The first-order valence-corrected chi connectivity index (χ1v) is 6.93. The van der Waals surface area contributed by atoms with E-state index in [1.165, 1.54) is 0 Å². The number of carbonyl (C=O) groups is 2. The van der Waals surface area contributed by atoms with E-state index in [4.69, 9.17) is 5.73 Å². The van der Waals surface area contributed by atoms with Crippen molar-refractivity contribution in [2.75, 3.05) is 20.1 Å². The van der Waals surface area contributed by atoms with Crippen molar-refractivity contribution in [2.45, 2.75) is 45.2 Å². The number of rotatable bonds is 7. The molecule has 0 spiro atoms. The maximum absolute atomic E-state index is 11.6. The Morgan fingerprint density at radius 1 is 1.37 bits per heavy atom. The van der Waals surface area contributed by atoms with Crippen LogP contribution in [0.25, 0.3) is 0 Å². The van der Waals surface area contributed by atoms with Crippen LogP contribution in [0.1, 0.15) is 33.1 Å². The predicted molar refractivity (Wildman–Crippen MR) is 74.6 cm³/mol. The molecule has 0 aliphatic heterocycles. The van der Waals surface area contributed by atoms with Gasteiger partial charge in [-0.1, -0.05) is 13.8 Å². The molecule has 0 heterocycles. The maximum Gasteiger partial charge on any atom is 0.321 e. The van der Waals surface area contributed by atoms with E-state index in [1.54, 1.807) is 0 Å². The molecule has 6 nitrogen and oxygen atoms in total. The smallest absolute Gasteiger partial charge is 0.321 e. The quantitative estimate of drug-likeness (QED) is 0.620. The van der Waals surface area contributed by atoms with Gasteiger partial charge in [0.15, 0.2) is 0 Å². The van der Waals surface area contributed by atoms with Gasteiger partial charge in [0.25, 0.3) is 0 Å². The molecule has 4 N–H and O–H groups in total. The van der Waals surface area contributed by atoms with Crippen LogP contribution in [0.15, 0.2) is 0 Å². The predicted octanol–water partition coefficient (Wildman–Crippen LogP) is 0.280. The van der Waals surface area contributed by atoms with Gasteiger partial charge in [-0.25, -0.2) is 4.79 Å². The summed E-state index contributed by atoms with van der Waals surface area (Å²) in [6, 6.07) is 0.0121. The molecule has 1 aliphatic rings. The summed E-state index contributed by atoms with van der Waals surface area (Å²) in [6.45, 7) is 5.12. The van der Waals surface area contributed by atoms with Gasteiger partial charge in [0.2, 0.25) is 5.91 Å². The summed E-state index contributed by atoms with van der Waals surface area (Å²) >= 11 is 0. The van der Waals surface area contributed by atoms with Crippen molar-refractivity contribution >= 4 is 11.9 Å². The van der Waals surface area contributed by atoms with Gasteiger partial charge in [0.05, 0.1) is 6.54 Å². The van der Waals surface area contributed by atoms with E-state index in [2.05, 4.69) is 24.5 Å². The molecule has 1 rings (SSSR count). The van der Waals surface area contributed by atoms with Crippen LogP contribution in [0.2, 0.25) is 0 Å². The normalized spacial score (nSPS) is 16.5. The third-order valence-corrected chi connectivity index (χ3v) is 3.28. The number of hydrogen-bond donors (Lipinski definition) is 3. The average Bonchev–Trinajstić information content (AvgIpc) is 3.08. The topological polar surface area (TPSA) is 87.5 Å². The van der Waals surface area contributed by atoms with Gasteiger partial charge in [0, 0.05) is 12.1 Å². The molecule has 0 radical (unpaired) electrons. The number of nitrogens with one attached hydrogen (secondary N) is 2. The summed E-state index contributed by atoms with van der Waals surface area (Å²) < 4.78 is 0. The number of urea groups is 1. The Labute approximate surface area is 115 Å². The molecule has 1 fully saturated rings. The Balaban J connectivity index is 2.14. The molecule has 1 atom stereocenters. The molecule has 0 bridgehead atoms. The molecule has 6 heteroatoms. The molecule has 0 aromatic rings. The zero-order valence-electron chi connectivity index (χ0n) is 12.1. The third-order valence-electron chi connectivity index (χ3n) is 3.28. The van der Waals surface area contributed by atoms with Gasteiger partial charge in [-0.2, -0.15) is 0 Å². The van der Waals surface area contributed by atoms with E-state index in [0.717, 1.165) is 25.8 Å². The summed E-state index contributed by atoms with van der Waals surface area (Å²) in [5, 5.41) is 5.04. The lowest BCUT2D eigenvalue weighted by Crippen LogP contribution is -2.45. The van der Waals surface area contributed by atoms with Crippen LogP contribution >= 0.6 is 0 Å². The van der Waals surface area contributed by atoms with E-state index in [1.807, 2.05) is 11.9 Å². The van der Waals surface area contributed by atoms with Gasteiger partial charge in [-0.15, -0.1) is 0 Å². The van der Waals surface area contributed by atoms with Crippen molar-refractivity contribution < 1.29 is 9.59 Å². The SMILES string of the molecule is CC(C)C(N)CCN(C)CC(=O)NC(=O)NC1CC1. The Hall–Kier alpha value is -1.14. The second kappa shape index (κ2) is 7.45. The first kappa shape index (κ1) is 15.9. The second-order valence-electron chi connectivity index (χ2n) is 5.73. The van der Waals surface area contributed by atoms with E-state index < -0.39 is 0 Å². The zero-order valence-corrected chi connectivity index (χ0v) is 12.1. The van der Waals surface area contributed by atoms with E-state index in [0.29, 0.717) is 5.92 Å². The first-order chi connectivity index (χ1) is 8.88. The number of amides is 3. The molecule has 0 saturated heterocycles. The minimum atomic E-state index is -0.389. The monoisotopic (exact) mass is 270 g/mol. The summed E-state index contributed by atoms with van der Waals surface area (Å²) in [5.41, 5.74) is 5.95. The van der Waals surface area contributed by atoms with Crippen molar-refractivity contribution in [3.63, 3.8) is 0 Å². The molecule has 19 heavy (non-hydrogen) atoms. The molecular formula is C13H26N4O2. The van der Waals surface area contributed by atoms with Crippen LogP contribution in [0, 0.1) is 5.92 Å². The van der Waals surface area contributed by atoms with Crippen molar-refractivity contribution in [3.05, 3.63) is 0 Å².